The molecule has 136 valence electrons. The van der Waals surface area contributed by atoms with E-state index in [4.69, 9.17) is 4.74 Å². The van der Waals surface area contributed by atoms with Gasteiger partial charge in [-0.05, 0) is 42.4 Å². The molecule has 2 amide bonds. The minimum Gasteiger partial charge on any atom is -0.442 e. The molecular formula is C19H25FN2O3. The average molecular weight is 348 g/mol. The summed E-state index contributed by atoms with van der Waals surface area (Å²) in [5.41, 5.74) is 1.25. The Morgan fingerprint density at radius 1 is 1.32 bits per heavy atom. The van der Waals surface area contributed by atoms with Crippen LogP contribution in [0.25, 0.3) is 0 Å². The fourth-order valence-electron chi connectivity index (χ4n) is 3.68. The molecule has 3 rings (SSSR count). The van der Waals surface area contributed by atoms with E-state index in [1.807, 2.05) is 0 Å². The summed E-state index contributed by atoms with van der Waals surface area (Å²) >= 11 is 0. The van der Waals surface area contributed by atoms with E-state index < -0.39 is 12.2 Å². The van der Waals surface area contributed by atoms with Gasteiger partial charge in [-0.3, -0.25) is 9.69 Å². The molecule has 0 bridgehead atoms. The zero-order valence-corrected chi connectivity index (χ0v) is 14.8. The number of amides is 2. The van der Waals surface area contributed by atoms with E-state index in [1.54, 1.807) is 12.1 Å². The first kappa shape index (κ1) is 17.7. The normalized spacial score (nSPS) is 26.4. The van der Waals surface area contributed by atoms with E-state index in [1.165, 1.54) is 17.9 Å². The largest absolute Gasteiger partial charge is 0.442 e. The van der Waals surface area contributed by atoms with Crippen molar-refractivity contribution in [2.24, 2.45) is 5.92 Å². The molecule has 0 radical (unpaired) electrons. The number of ether oxygens (including phenoxy) is 1. The number of hydrogen-bond donors (Lipinski definition) is 1. The van der Waals surface area contributed by atoms with Gasteiger partial charge in [0, 0.05) is 6.92 Å². The highest BCUT2D eigenvalue weighted by molar-refractivity contribution is 5.89. The number of carbonyl (C=O) groups is 2. The SMILES string of the molecule is CC(=O)NC[C@H]1CN(c2ccc(C3CCC(C)CC3)c(F)c2)C(=O)O1. The van der Waals surface area contributed by atoms with Gasteiger partial charge in [-0.25, -0.2) is 9.18 Å². The smallest absolute Gasteiger partial charge is 0.414 e. The lowest BCUT2D eigenvalue weighted by molar-refractivity contribution is -0.119. The van der Waals surface area contributed by atoms with Gasteiger partial charge in [0.1, 0.15) is 11.9 Å². The Balaban J connectivity index is 1.68. The van der Waals surface area contributed by atoms with Gasteiger partial charge in [0.15, 0.2) is 0 Å². The monoisotopic (exact) mass is 348 g/mol. The van der Waals surface area contributed by atoms with E-state index in [2.05, 4.69) is 12.2 Å². The number of cyclic esters (lactones) is 1. The van der Waals surface area contributed by atoms with Crippen LogP contribution < -0.4 is 10.2 Å². The Hall–Kier alpha value is -2.11. The maximum atomic E-state index is 14.6. The maximum absolute atomic E-state index is 14.6. The molecule has 1 saturated carbocycles. The predicted octanol–water partition coefficient (Wildman–Crippen LogP) is 3.58. The summed E-state index contributed by atoms with van der Waals surface area (Å²) in [6.07, 6.45) is 3.38. The third kappa shape index (κ3) is 4.11. The van der Waals surface area contributed by atoms with Crippen LogP contribution in [0.5, 0.6) is 0 Å². The lowest BCUT2D eigenvalue weighted by atomic mass is 9.79. The highest BCUT2D eigenvalue weighted by Gasteiger charge is 2.33. The van der Waals surface area contributed by atoms with Crippen molar-refractivity contribution in [2.45, 2.75) is 51.6 Å². The average Bonchev–Trinajstić information content (AvgIpc) is 2.95. The van der Waals surface area contributed by atoms with Crippen LogP contribution in [0.2, 0.25) is 0 Å². The maximum Gasteiger partial charge on any atom is 0.414 e. The zero-order valence-electron chi connectivity index (χ0n) is 14.8. The minimum atomic E-state index is -0.506. The minimum absolute atomic E-state index is 0.174. The first-order valence-electron chi connectivity index (χ1n) is 8.96. The second kappa shape index (κ2) is 7.42. The highest BCUT2D eigenvalue weighted by Crippen LogP contribution is 2.37. The Kier molecular flexibility index (Phi) is 5.25. The molecule has 2 aliphatic rings. The molecule has 1 aromatic carbocycles. The second-order valence-electron chi connectivity index (χ2n) is 7.22. The Morgan fingerprint density at radius 2 is 2.04 bits per heavy atom. The molecule has 1 aliphatic carbocycles. The summed E-state index contributed by atoms with van der Waals surface area (Å²) in [5.74, 6) is 0.559. The first-order chi connectivity index (χ1) is 11.9. The van der Waals surface area contributed by atoms with Gasteiger partial charge in [-0.2, -0.15) is 0 Å². The quantitative estimate of drug-likeness (QED) is 0.905. The Labute approximate surface area is 147 Å². The molecule has 25 heavy (non-hydrogen) atoms. The first-order valence-corrected chi connectivity index (χ1v) is 8.96. The summed E-state index contributed by atoms with van der Waals surface area (Å²) in [7, 11) is 0. The molecule has 1 aromatic rings. The molecule has 1 atom stereocenters. The Morgan fingerprint density at radius 3 is 2.68 bits per heavy atom. The summed E-state index contributed by atoms with van der Waals surface area (Å²) in [6.45, 7) is 4.22. The molecule has 1 saturated heterocycles. The second-order valence-corrected chi connectivity index (χ2v) is 7.22. The van der Waals surface area contributed by atoms with E-state index in [0.29, 0.717) is 12.2 Å². The third-order valence-corrected chi connectivity index (χ3v) is 5.20. The number of hydrogen-bond acceptors (Lipinski definition) is 3. The van der Waals surface area contributed by atoms with Crippen LogP contribution in [0.1, 0.15) is 51.0 Å². The number of halogens is 1. The van der Waals surface area contributed by atoms with E-state index >= 15 is 0 Å². The standard InChI is InChI=1S/C19H25FN2O3/c1-12-3-5-14(6-4-12)17-8-7-15(9-18(17)20)22-11-16(25-19(22)24)10-21-13(2)23/h7-9,12,14,16H,3-6,10-11H2,1-2H3,(H,21,23)/t12?,14?,16-/m0/s1. The van der Waals surface area contributed by atoms with Gasteiger partial charge in [0.25, 0.3) is 0 Å². The van der Waals surface area contributed by atoms with Crippen molar-refractivity contribution in [2.75, 3.05) is 18.0 Å². The molecule has 0 spiro atoms. The molecule has 0 unspecified atom stereocenters. The molecular weight excluding hydrogens is 323 g/mol. The summed E-state index contributed by atoms with van der Waals surface area (Å²) < 4.78 is 19.9. The summed E-state index contributed by atoms with van der Waals surface area (Å²) in [5, 5.41) is 2.63. The van der Waals surface area contributed by atoms with Crippen molar-refractivity contribution in [1.82, 2.24) is 5.32 Å². The fourth-order valence-corrected chi connectivity index (χ4v) is 3.68. The molecule has 1 aliphatic heterocycles. The zero-order chi connectivity index (χ0) is 18.0. The van der Waals surface area contributed by atoms with Gasteiger partial charge in [0.2, 0.25) is 5.91 Å². The number of nitrogens with one attached hydrogen (secondary N) is 1. The lowest BCUT2D eigenvalue weighted by Crippen LogP contribution is -2.33. The predicted molar refractivity (Wildman–Crippen MR) is 93.1 cm³/mol. The molecule has 6 heteroatoms. The lowest BCUT2D eigenvalue weighted by Gasteiger charge is -2.27. The highest BCUT2D eigenvalue weighted by atomic mass is 19.1. The van der Waals surface area contributed by atoms with Gasteiger partial charge in [0.05, 0.1) is 18.8 Å². The van der Waals surface area contributed by atoms with Crippen LogP contribution in [0.4, 0.5) is 14.9 Å². The third-order valence-electron chi connectivity index (χ3n) is 5.20. The number of anilines is 1. The van der Waals surface area contributed by atoms with Crippen LogP contribution in [0, 0.1) is 11.7 Å². The van der Waals surface area contributed by atoms with Gasteiger partial charge in [-0.1, -0.05) is 25.8 Å². The summed E-state index contributed by atoms with van der Waals surface area (Å²) in [4.78, 5) is 24.4. The molecule has 0 aromatic heterocycles. The van der Waals surface area contributed by atoms with Crippen LogP contribution in [0.3, 0.4) is 0 Å². The molecule has 1 N–H and O–H groups in total. The molecule has 2 fully saturated rings. The number of benzene rings is 1. The van der Waals surface area contributed by atoms with E-state index in [9.17, 15) is 14.0 Å². The van der Waals surface area contributed by atoms with Crippen LogP contribution >= 0.6 is 0 Å². The molecule has 1 heterocycles. The number of rotatable bonds is 4. The van der Waals surface area contributed by atoms with Crippen molar-refractivity contribution in [3.63, 3.8) is 0 Å². The van der Waals surface area contributed by atoms with E-state index in [0.717, 1.165) is 37.2 Å². The topological polar surface area (TPSA) is 58.6 Å². The van der Waals surface area contributed by atoms with Crippen molar-refractivity contribution >= 4 is 17.7 Å². The number of carbonyl (C=O) groups excluding carboxylic acids is 2. The molecule has 5 nitrogen and oxygen atoms in total. The van der Waals surface area contributed by atoms with Crippen molar-refractivity contribution < 1.29 is 18.7 Å². The van der Waals surface area contributed by atoms with Gasteiger partial charge in [-0.15, -0.1) is 0 Å². The van der Waals surface area contributed by atoms with Crippen LogP contribution in [-0.2, 0) is 9.53 Å². The van der Waals surface area contributed by atoms with Crippen molar-refractivity contribution in [1.29, 1.82) is 0 Å². The van der Waals surface area contributed by atoms with Gasteiger partial charge < -0.3 is 10.1 Å². The van der Waals surface area contributed by atoms with E-state index in [-0.39, 0.29) is 24.2 Å². The fraction of sp³-hybridized carbons (Fsp3) is 0.579. The van der Waals surface area contributed by atoms with Gasteiger partial charge >= 0.3 is 6.09 Å². The Bertz CT molecular complexity index is 656. The van der Waals surface area contributed by atoms with Crippen molar-refractivity contribution in [3.05, 3.63) is 29.6 Å². The number of nitrogens with zero attached hydrogens (tertiary/aromatic N) is 1. The van der Waals surface area contributed by atoms with Crippen LogP contribution in [-0.4, -0.2) is 31.2 Å². The van der Waals surface area contributed by atoms with Crippen molar-refractivity contribution in [3.8, 4) is 0 Å². The van der Waals surface area contributed by atoms with Crippen LogP contribution in [0.15, 0.2) is 18.2 Å². The summed E-state index contributed by atoms with van der Waals surface area (Å²) in [6, 6.07) is 5.02.